The third kappa shape index (κ3) is 2.25. The van der Waals surface area contributed by atoms with Crippen molar-refractivity contribution in [1.82, 2.24) is 0 Å². The summed E-state index contributed by atoms with van der Waals surface area (Å²) >= 11 is 0. The van der Waals surface area contributed by atoms with Crippen LogP contribution in [0.2, 0.25) is 0 Å². The summed E-state index contributed by atoms with van der Waals surface area (Å²) in [5.41, 5.74) is 0.409. The van der Waals surface area contributed by atoms with E-state index in [0.717, 1.165) is 19.3 Å². The summed E-state index contributed by atoms with van der Waals surface area (Å²) in [6.45, 7) is 0. The Hall–Kier alpha value is -1.42. The fraction of sp³-hybridized carbons (Fsp3) is 0.533. The number of fused-ring (bicyclic) bond motifs is 2. The van der Waals surface area contributed by atoms with Crippen LogP contribution in [0.4, 0.5) is 4.39 Å². The normalized spacial score (nSPS) is 28.6. The number of methoxy groups -OCH3 is 1. The van der Waals surface area contributed by atoms with Crippen LogP contribution in [0, 0.1) is 11.7 Å². The molecule has 0 N–H and O–H groups in total. The lowest BCUT2D eigenvalue weighted by atomic mass is 9.84. The van der Waals surface area contributed by atoms with E-state index in [0.29, 0.717) is 5.56 Å². The van der Waals surface area contributed by atoms with Gasteiger partial charge < -0.3 is 9.47 Å². The number of carbonyl (C=O) groups is 1. The van der Waals surface area contributed by atoms with Gasteiger partial charge in [-0.25, -0.2) is 4.39 Å². The molecule has 0 amide bonds. The zero-order valence-electron chi connectivity index (χ0n) is 10.9. The molecule has 0 aromatic heterocycles. The molecule has 4 heteroatoms. The Morgan fingerprint density at radius 3 is 2.95 bits per heavy atom. The number of Topliss-reactive ketones (excluding diaryl/α,β-unsaturated/α-hetero) is 1. The largest absolute Gasteiger partial charge is 0.494 e. The molecule has 3 rings (SSSR count). The van der Waals surface area contributed by atoms with Crippen molar-refractivity contribution < 1.29 is 18.7 Å². The second-order valence-corrected chi connectivity index (χ2v) is 5.29. The van der Waals surface area contributed by atoms with Crippen molar-refractivity contribution in [3.05, 3.63) is 29.6 Å². The summed E-state index contributed by atoms with van der Waals surface area (Å²) in [6.07, 6.45) is 3.25. The molecule has 2 heterocycles. The molecule has 2 saturated heterocycles. The van der Waals surface area contributed by atoms with Crippen LogP contribution in [0.25, 0.3) is 0 Å². The van der Waals surface area contributed by atoms with Gasteiger partial charge in [0.05, 0.1) is 19.3 Å². The minimum Gasteiger partial charge on any atom is -0.494 e. The number of benzene rings is 1. The Labute approximate surface area is 111 Å². The van der Waals surface area contributed by atoms with E-state index >= 15 is 0 Å². The summed E-state index contributed by atoms with van der Waals surface area (Å²) in [5, 5.41) is 0. The van der Waals surface area contributed by atoms with Gasteiger partial charge in [-0.3, -0.25) is 4.79 Å². The average Bonchev–Trinajstić information content (AvgIpc) is 3.03. The first kappa shape index (κ1) is 12.6. The Balaban J connectivity index is 1.73. The second-order valence-electron chi connectivity index (χ2n) is 5.29. The highest BCUT2D eigenvalue weighted by molar-refractivity contribution is 5.84. The van der Waals surface area contributed by atoms with Gasteiger partial charge in [0.15, 0.2) is 11.6 Å². The molecule has 1 aromatic carbocycles. The molecule has 3 nitrogen and oxygen atoms in total. The van der Waals surface area contributed by atoms with Gasteiger partial charge >= 0.3 is 0 Å². The molecule has 19 heavy (non-hydrogen) atoms. The van der Waals surface area contributed by atoms with Gasteiger partial charge in [0.2, 0.25) is 0 Å². The summed E-state index contributed by atoms with van der Waals surface area (Å²) < 4.78 is 24.6. The fourth-order valence-electron chi connectivity index (χ4n) is 3.15. The number of ether oxygens (including phenoxy) is 2. The van der Waals surface area contributed by atoms with Gasteiger partial charge in [-0.1, -0.05) is 12.1 Å². The first-order valence-electron chi connectivity index (χ1n) is 6.68. The van der Waals surface area contributed by atoms with Crippen LogP contribution in [0.5, 0.6) is 5.75 Å². The first-order valence-corrected chi connectivity index (χ1v) is 6.68. The number of hydrogen-bond acceptors (Lipinski definition) is 3. The predicted molar refractivity (Wildman–Crippen MR) is 67.7 cm³/mol. The van der Waals surface area contributed by atoms with Crippen LogP contribution in [-0.2, 0) is 16.0 Å². The number of carbonyl (C=O) groups excluding carboxylic acids is 1. The lowest BCUT2D eigenvalue weighted by Crippen LogP contribution is -2.26. The maximum atomic E-state index is 14.0. The van der Waals surface area contributed by atoms with Crippen molar-refractivity contribution >= 4 is 5.78 Å². The molecule has 0 spiro atoms. The molecule has 2 aliphatic heterocycles. The third-order valence-corrected chi connectivity index (χ3v) is 4.15. The quantitative estimate of drug-likeness (QED) is 0.838. The summed E-state index contributed by atoms with van der Waals surface area (Å²) in [4.78, 5) is 12.3. The minimum absolute atomic E-state index is 0.0515. The average molecular weight is 264 g/mol. The molecule has 2 aliphatic rings. The smallest absolute Gasteiger partial charge is 0.168 e. The lowest BCUT2D eigenvalue weighted by molar-refractivity contribution is -0.123. The van der Waals surface area contributed by atoms with E-state index in [9.17, 15) is 9.18 Å². The van der Waals surface area contributed by atoms with E-state index < -0.39 is 5.82 Å². The van der Waals surface area contributed by atoms with E-state index in [1.165, 1.54) is 7.11 Å². The van der Waals surface area contributed by atoms with Crippen LogP contribution in [0.3, 0.4) is 0 Å². The van der Waals surface area contributed by atoms with E-state index in [1.807, 2.05) is 0 Å². The number of rotatable bonds is 4. The molecule has 0 aliphatic carbocycles. The van der Waals surface area contributed by atoms with Crippen LogP contribution < -0.4 is 4.74 Å². The molecular formula is C15H17FO3. The molecular weight excluding hydrogens is 247 g/mol. The summed E-state index contributed by atoms with van der Waals surface area (Å²) in [5.74, 6) is -0.208. The molecule has 0 radical (unpaired) electrons. The van der Waals surface area contributed by atoms with Gasteiger partial charge in [-0.2, -0.15) is 0 Å². The molecule has 2 bridgehead atoms. The van der Waals surface area contributed by atoms with Crippen LogP contribution in [0.1, 0.15) is 24.8 Å². The zero-order valence-corrected chi connectivity index (χ0v) is 10.9. The van der Waals surface area contributed by atoms with Gasteiger partial charge in [-0.15, -0.1) is 0 Å². The van der Waals surface area contributed by atoms with Crippen molar-refractivity contribution in [3.63, 3.8) is 0 Å². The van der Waals surface area contributed by atoms with E-state index in [1.54, 1.807) is 18.2 Å². The minimum atomic E-state index is -0.428. The lowest BCUT2D eigenvalue weighted by Gasteiger charge is -2.17. The van der Waals surface area contributed by atoms with E-state index in [-0.39, 0.29) is 36.1 Å². The molecule has 3 unspecified atom stereocenters. The Bertz CT molecular complexity index is 500. The van der Waals surface area contributed by atoms with Gasteiger partial charge in [-0.05, 0) is 30.9 Å². The maximum Gasteiger partial charge on any atom is 0.168 e. The predicted octanol–water partition coefficient (Wildman–Crippen LogP) is 2.51. The van der Waals surface area contributed by atoms with Crippen molar-refractivity contribution in [2.75, 3.05) is 7.11 Å². The molecule has 0 saturated carbocycles. The van der Waals surface area contributed by atoms with E-state index in [2.05, 4.69) is 0 Å². The van der Waals surface area contributed by atoms with Crippen molar-refractivity contribution in [1.29, 1.82) is 0 Å². The number of ketones is 1. The van der Waals surface area contributed by atoms with E-state index in [4.69, 9.17) is 9.47 Å². The Morgan fingerprint density at radius 2 is 2.32 bits per heavy atom. The number of halogens is 1. The Morgan fingerprint density at radius 1 is 1.47 bits per heavy atom. The Kier molecular flexibility index (Phi) is 3.27. The topological polar surface area (TPSA) is 35.5 Å². The first-order chi connectivity index (χ1) is 9.19. The molecule has 1 aromatic rings. The van der Waals surface area contributed by atoms with Crippen molar-refractivity contribution in [2.45, 2.75) is 37.9 Å². The highest BCUT2D eigenvalue weighted by Gasteiger charge is 2.44. The van der Waals surface area contributed by atoms with Crippen molar-refractivity contribution in [2.24, 2.45) is 5.92 Å². The van der Waals surface area contributed by atoms with Crippen LogP contribution in [-0.4, -0.2) is 25.1 Å². The van der Waals surface area contributed by atoms with Crippen molar-refractivity contribution in [3.8, 4) is 5.75 Å². The summed E-state index contributed by atoms with van der Waals surface area (Å²) in [6, 6.07) is 4.91. The second kappa shape index (κ2) is 4.93. The van der Waals surface area contributed by atoms with Crippen LogP contribution in [0.15, 0.2) is 18.2 Å². The molecule has 3 atom stereocenters. The monoisotopic (exact) mass is 264 g/mol. The zero-order chi connectivity index (χ0) is 13.4. The standard InChI is InChI=1S/C15H17FO3/c1-18-14-4-2-3-9(15(14)16)7-12(17)11-8-10-5-6-13(11)19-10/h2-4,10-11,13H,5-8H2,1H3. The maximum absolute atomic E-state index is 14.0. The van der Waals surface area contributed by atoms with Gasteiger partial charge in [0.1, 0.15) is 5.78 Å². The highest BCUT2D eigenvalue weighted by Crippen LogP contribution is 2.39. The molecule has 102 valence electrons. The van der Waals surface area contributed by atoms with Crippen LogP contribution >= 0.6 is 0 Å². The number of hydrogen-bond donors (Lipinski definition) is 0. The highest BCUT2D eigenvalue weighted by atomic mass is 19.1. The van der Waals surface area contributed by atoms with Gasteiger partial charge in [0, 0.05) is 12.3 Å². The molecule has 2 fully saturated rings. The fourth-order valence-corrected chi connectivity index (χ4v) is 3.15. The van der Waals surface area contributed by atoms with Gasteiger partial charge in [0.25, 0.3) is 0 Å². The third-order valence-electron chi connectivity index (χ3n) is 4.15. The summed E-state index contributed by atoms with van der Waals surface area (Å²) in [7, 11) is 1.42. The SMILES string of the molecule is COc1cccc(CC(=O)C2CC3CCC2O3)c1F.